The number of allylic oxidation sites excluding steroid dienone is 2. The Morgan fingerprint density at radius 3 is 0.930 bits per heavy atom. The highest BCUT2D eigenvalue weighted by atomic mass is 28.3. The van der Waals surface area contributed by atoms with Crippen LogP contribution in [0.15, 0.2) is 218 Å². The number of hydrogen-bond donors (Lipinski definition) is 0. The molecule has 0 saturated carbocycles. The van der Waals surface area contributed by atoms with Gasteiger partial charge in [0.1, 0.15) is 0 Å². The highest BCUT2D eigenvalue weighted by Crippen LogP contribution is 2.51. The third kappa shape index (κ3) is 5.57. The average Bonchev–Trinajstić information content (AvgIpc) is 3.77. The van der Waals surface area contributed by atoms with Crippen molar-refractivity contribution in [3.05, 3.63) is 263 Å². The predicted molar refractivity (Wildman–Crippen MR) is 244 cm³/mol. The van der Waals surface area contributed by atoms with Gasteiger partial charge in [0.15, 0.2) is 8.07 Å². The van der Waals surface area contributed by atoms with E-state index >= 15 is 0 Å². The summed E-state index contributed by atoms with van der Waals surface area (Å²) in [6.45, 7) is 4.91. The first-order chi connectivity index (χ1) is 28.2. The molecule has 0 heterocycles. The summed E-state index contributed by atoms with van der Waals surface area (Å²) >= 11 is 0. The van der Waals surface area contributed by atoms with Crippen LogP contribution < -0.4 is 20.7 Å². The second kappa shape index (κ2) is 14.5. The van der Waals surface area contributed by atoms with Crippen LogP contribution in [0.4, 0.5) is 0 Å². The summed E-state index contributed by atoms with van der Waals surface area (Å²) in [6, 6.07) is 81.9. The van der Waals surface area contributed by atoms with Crippen LogP contribution in [-0.4, -0.2) is 8.07 Å². The molecule has 0 saturated heterocycles. The molecule has 0 aromatic heterocycles. The first kappa shape index (κ1) is 34.9. The summed E-state index contributed by atoms with van der Waals surface area (Å²) in [5.41, 5.74) is 16.2. The molecule has 0 fully saturated rings. The van der Waals surface area contributed by atoms with Gasteiger partial charge in [0.05, 0.1) is 0 Å². The molecule has 0 radical (unpaired) electrons. The molecule has 0 bridgehead atoms. The fourth-order valence-corrected chi connectivity index (χ4v) is 15.8. The maximum absolute atomic E-state index is 3.07. The molecule has 8 aromatic carbocycles. The maximum Gasteiger partial charge on any atom is 0.180 e. The minimum absolute atomic E-state index is 0.167. The molecule has 0 N–H and O–H groups in total. The molecule has 2 aliphatic rings. The third-order valence-corrected chi connectivity index (χ3v) is 17.4. The molecule has 0 aliphatic heterocycles. The molecule has 1 heteroatoms. The lowest BCUT2D eigenvalue weighted by molar-refractivity contribution is 1.01. The zero-order chi connectivity index (χ0) is 38.3. The van der Waals surface area contributed by atoms with E-state index in [1.807, 2.05) is 0 Å². The highest BCUT2D eigenvalue weighted by Gasteiger charge is 2.49. The lowest BCUT2D eigenvalue weighted by Gasteiger charge is -2.39. The second-order valence-electron chi connectivity index (χ2n) is 15.5. The van der Waals surface area contributed by atoms with Crippen molar-refractivity contribution in [3.63, 3.8) is 0 Å². The summed E-state index contributed by atoms with van der Waals surface area (Å²) in [6.07, 6.45) is 0. The molecule has 2 atom stereocenters. The van der Waals surface area contributed by atoms with Gasteiger partial charge >= 0.3 is 0 Å². The van der Waals surface area contributed by atoms with Crippen LogP contribution in [0.3, 0.4) is 0 Å². The van der Waals surface area contributed by atoms with E-state index < -0.39 is 8.07 Å². The Bertz CT molecular complexity index is 2570. The van der Waals surface area contributed by atoms with Crippen LogP contribution in [0.25, 0.3) is 22.3 Å². The second-order valence-corrected chi connectivity index (χ2v) is 19.2. The van der Waals surface area contributed by atoms with Gasteiger partial charge in [-0.1, -0.05) is 232 Å². The van der Waals surface area contributed by atoms with Crippen molar-refractivity contribution < 1.29 is 0 Å². The fraction of sp³-hybridized carbons (Fsp3) is 0.0714. The van der Waals surface area contributed by atoms with E-state index in [-0.39, 0.29) is 11.8 Å². The summed E-state index contributed by atoms with van der Waals surface area (Å²) in [4.78, 5) is 0. The fourth-order valence-electron chi connectivity index (χ4n) is 10.3. The Morgan fingerprint density at radius 2 is 0.596 bits per heavy atom. The first-order valence-electron chi connectivity index (χ1n) is 20.3. The molecule has 272 valence electrons. The van der Waals surface area contributed by atoms with Gasteiger partial charge < -0.3 is 0 Å². The van der Waals surface area contributed by atoms with Crippen LogP contribution in [-0.2, 0) is 0 Å². The number of fused-ring (bicyclic) bond motifs is 2. The quantitative estimate of drug-likeness (QED) is 0.107. The Morgan fingerprint density at radius 1 is 0.298 bits per heavy atom. The topological polar surface area (TPSA) is 0 Å². The molecule has 0 nitrogen and oxygen atoms in total. The number of benzene rings is 8. The van der Waals surface area contributed by atoms with Gasteiger partial charge in [-0.05, 0) is 87.5 Å². The Labute approximate surface area is 338 Å². The molecular weight excluding hydrogens is 701 g/mol. The van der Waals surface area contributed by atoms with E-state index in [0.717, 1.165) is 0 Å². The molecule has 0 amide bonds. The lowest BCUT2D eigenvalue weighted by atomic mass is 9.90. The van der Waals surface area contributed by atoms with Crippen molar-refractivity contribution in [2.75, 3.05) is 0 Å². The molecular formula is C56H44Si. The Kier molecular flexibility index (Phi) is 8.89. The van der Waals surface area contributed by atoms with E-state index in [1.165, 1.54) is 87.5 Å². The predicted octanol–water partition coefficient (Wildman–Crippen LogP) is 11.2. The highest BCUT2D eigenvalue weighted by molar-refractivity contribution is 7.20. The van der Waals surface area contributed by atoms with Crippen molar-refractivity contribution in [1.29, 1.82) is 0 Å². The average molecular weight is 745 g/mol. The summed E-state index contributed by atoms with van der Waals surface area (Å²) in [5, 5.41) is 5.75. The molecule has 2 unspecified atom stereocenters. The van der Waals surface area contributed by atoms with Crippen LogP contribution in [0, 0.1) is 0 Å². The normalized spacial score (nSPS) is 16.1. The Hall–Kier alpha value is -6.54. The van der Waals surface area contributed by atoms with Crippen LogP contribution in [0.1, 0.15) is 70.2 Å². The van der Waals surface area contributed by atoms with E-state index in [0.29, 0.717) is 0 Å². The first-order valence-corrected chi connectivity index (χ1v) is 22.3. The summed E-state index contributed by atoms with van der Waals surface area (Å²) in [7, 11) is -3.07. The molecule has 57 heavy (non-hydrogen) atoms. The standard InChI is InChI=1S/C56H44Si/c1-39-51(41-23-9-3-10-24-41)55(43-27-13-5-14-28-43)47-35-21-37-49(53(39)47)57(45-31-17-7-18-32-45,46-33-19-8-20-34-46)50-38-22-36-48-54(50)40(2)52(42-25-11-4-12-26-42)56(48)44-29-15-6-16-30-44/h3-40H,1-2H3. The number of hydrogen-bond acceptors (Lipinski definition) is 0. The molecule has 8 aromatic rings. The van der Waals surface area contributed by atoms with Crippen LogP contribution in [0.5, 0.6) is 0 Å². The zero-order valence-electron chi connectivity index (χ0n) is 32.4. The van der Waals surface area contributed by atoms with Crippen molar-refractivity contribution in [1.82, 2.24) is 0 Å². The van der Waals surface area contributed by atoms with Gasteiger partial charge in [-0.2, -0.15) is 0 Å². The maximum atomic E-state index is 2.50. The van der Waals surface area contributed by atoms with E-state index in [1.54, 1.807) is 0 Å². The minimum atomic E-state index is -3.07. The third-order valence-electron chi connectivity index (χ3n) is 12.5. The van der Waals surface area contributed by atoms with E-state index in [9.17, 15) is 0 Å². The van der Waals surface area contributed by atoms with Crippen LogP contribution in [0.2, 0.25) is 0 Å². The van der Waals surface area contributed by atoms with Gasteiger partial charge in [-0.25, -0.2) is 0 Å². The largest absolute Gasteiger partial charge is 0.180 e. The van der Waals surface area contributed by atoms with Crippen molar-refractivity contribution in [2.45, 2.75) is 25.7 Å². The van der Waals surface area contributed by atoms with E-state index in [4.69, 9.17) is 0 Å². The van der Waals surface area contributed by atoms with Gasteiger partial charge in [-0.3, -0.25) is 0 Å². The van der Waals surface area contributed by atoms with Gasteiger partial charge in [0.2, 0.25) is 0 Å². The van der Waals surface area contributed by atoms with Gasteiger partial charge in [0.25, 0.3) is 0 Å². The summed E-state index contributed by atoms with van der Waals surface area (Å²) in [5.74, 6) is 0.334. The van der Waals surface area contributed by atoms with Crippen molar-refractivity contribution in [2.24, 2.45) is 0 Å². The van der Waals surface area contributed by atoms with Crippen molar-refractivity contribution >= 4 is 51.1 Å². The van der Waals surface area contributed by atoms with Gasteiger partial charge in [-0.15, -0.1) is 0 Å². The van der Waals surface area contributed by atoms with Crippen molar-refractivity contribution in [3.8, 4) is 0 Å². The minimum Gasteiger partial charge on any atom is -0.0623 e. The summed E-state index contributed by atoms with van der Waals surface area (Å²) < 4.78 is 0. The smallest absolute Gasteiger partial charge is 0.0623 e. The molecule has 2 aliphatic carbocycles. The Balaban J connectivity index is 1.32. The molecule has 0 spiro atoms. The SMILES string of the molecule is CC1C(c2ccccc2)=C(c2ccccc2)c2cccc([Si](c3ccccc3)(c3ccccc3)c3cccc4c3C(C)C(c3ccccc3)=C4c3ccccc3)c21. The molecule has 10 rings (SSSR count). The monoisotopic (exact) mass is 744 g/mol. The van der Waals surface area contributed by atoms with E-state index in [2.05, 4.69) is 232 Å². The van der Waals surface area contributed by atoms with Crippen LogP contribution >= 0.6 is 0 Å². The lowest BCUT2D eigenvalue weighted by Crippen LogP contribution is -2.76. The van der Waals surface area contributed by atoms with Gasteiger partial charge in [0, 0.05) is 11.8 Å². The number of rotatable bonds is 8. The zero-order valence-corrected chi connectivity index (χ0v) is 33.4.